The van der Waals surface area contributed by atoms with E-state index in [4.69, 9.17) is 14.7 Å². The van der Waals surface area contributed by atoms with Crippen molar-refractivity contribution < 1.29 is 14.7 Å². The van der Waals surface area contributed by atoms with Crippen molar-refractivity contribution in [3.8, 4) is 5.75 Å². The molecular formula is C14H19NO3. The highest BCUT2D eigenvalue weighted by Gasteiger charge is 2.15. The summed E-state index contributed by atoms with van der Waals surface area (Å²) < 4.78 is 11.3. The summed E-state index contributed by atoms with van der Waals surface area (Å²) in [4.78, 5) is 0. The highest BCUT2D eigenvalue weighted by molar-refractivity contribution is 6.00. The number of rotatable bonds is 5. The summed E-state index contributed by atoms with van der Waals surface area (Å²) in [6.45, 7) is 3.25. The molecule has 98 valence electrons. The number of hydrogen-bond acceptors (Lipinski definition) is 4. The Bertz CT molecular complexity index is 411. The molecule has 1 fully saturated rings. The van der Waals surface area contributed by atoms with Crippen LogP contribution in [-0.2, 0) is 4.74 Å². The summed E-state index contributed by atoms with van der Waals surface area (Å²) in [7, 11) is 0. The monoisotopic (exact) mass is 249 g/mol. The lowest BCUT2D eigenvalue weighted by Crippen LogP contribution is -2.11. The molecule has 0 aromatic heterocycles. The average molecular weight is 249 g/mol. The minimum atomic E-state index is 0.338. The zero-order chi connectivity index (χ0) is 12.8. The van der Waals surface area contributed by atoms with Crippen molar-refractivity contribution in [1.82, 2.24) is 0 Å². The van der Waals surface area contributed by atoms with Crippen LogP contribution in [0.4, 0.5) is 0 Å². The molecule has 0 bridgehead atoms. The fourth-order valence-electron chi connectivity index (χ4n) is 2.12. The second-order valence-electron chi connectivity index (χ2n) is 4.45. The zero-order valence-electron chi connectivity index (χ0n) is 10.6. The highest BCUT2D eigenvalue weighted by atomic mass is 16.5. The Kier molecular flexibility index (Phi) is 4.59. The maximum atomic E-state index is 8.82. The zero-order valence-corrected chi connectivity index (χ0v) is 10.6. The number of nitrogens with zero attached hydrogens (tertiary/aromatic N) is 1. The summed E-state index contributed by atoms with van der Waals surface area (Å²) >= 11 is 0. The molecule has 0 aliphatic carbocycles. The average Bonchev–Trinajstić information content (AvgIpc) is 2.92. The van der Waals surface area contributed by atoms with Crippen molar-refractivity contribution >= 4 is 5.71 Å². The van der Waals surface area contributed by atoms with Crippen molar-refractivity contribution in [2.45, 2.75) is 32.3 Å². The molecule has 1 aromatic carbocycles. The summed E-state index contributed by atoms with van der Waals surface area (Å²) in [6.07, 6.45) is 3.52. The van der Waals surface area contributed by atoms with E-state index in [1.54, 1.807) is 6.92 Å². The molecule has 18 heavy (non-hydrogen) atoms. The molecule has 0 radical (unpaired) electrons. The van der Waals surface area contributed by atoms with Crippen LogP contribution < -0.4 is 4.74 Å². The summed E-state index contributed by atoms with van der Waals surface area (Å²) in [5.41, 5.74) is 1.38. The van der Waals surface area contributed by atoms with E-state index >= 15 is 0 Å². The van der Waals surface area contributed by atoms with Crippen LogP contribution in [0.15, 0.2) is 29.4 Å². The van der Waals surface area contributed by atoms with Gasteiger partial charge in [0.05, 0.1) is 18.4 Å². The van der Waals surface area contributed by atoms with E-state index in [9.17, 15) is 0 Å². The van der Waals surface area contributed by atoms with Gasteiger partial charge in [0.1, 0.15) is 5.75 Å². The largest absolute Gasteiger partial charge is 0.493 e. The summed E-state index contributed by atoms with van der Waals surface area (Å²) in [6, 6.07) is 7.59. The number of hydrogen-bond donors (Lipinski definition) is 1. The normalized spacial score (nSPS) is 20.1. The standard InChI is InChI=1S/C14H19NO3/c1-11(15-16)13-6-2-3-7-14(13)18-10-8-12-5-4-9-17-12/h2-3,6-7,12,16H,4-5,8-10H2,1H3. The van der Waals surface area contributed by atoms with Gasteiger partial charge >= 0.3 is 0 Å². The SMILES string of the molecule is CC(=NO)c1ccccc1OCCC1CCCO1. The van der Waals surface area contributed by atoms with Crippen molar-refractivity contribution in [3.05, 3.63) is 29.8 Å². The third-order valence-electron chi connectivity index (χ3n) is 3.15. The number of ether oxygens (including phenoxy) is 2. The van der Waals surface area contributed by atoms with E-state index in [-0.39, 0.29) is 0 Å². The lowest BCUT2D eigenvalue weighted by atomic mass is 10.1. The first kappa shape index (κ1) is 12.9. The highest BCUT2D eigenvalue weighted by Crippen LogP contribution is 2.20. The molecule has 1 aliphatic heterocycles. The van der Waals surface area contributed by atoms with E-state index in [1.807, 2.05) is 24.3 Å². The first-order valence-electron chi connectivity index (χ1n) is 6.33. The topological polar surface area (TPSA) is 51.1 Å². The van der Waals surface area contributed by atoms with Gasteiger partial charge in [-0.25, -0.2) is 0 Å². The van der Waals surface area contributed by atoms with Crippen LogP contribution in [-0.4, -0.2) is 30.2 Å². The van der Waals surface area contributed by atoms with Gasteiger partial charge in [-0.15, -0.1) is 0 Å². The van der Waals surface area contributed by atoms with E-state index in [0.717, 1.165) is 37.2 Å². The number of oxime groups is 1. The molecule has 1 aliphatic rings. The van der Waals surface area contributed by atoms with E-state index < -0.39 is 0 Å². The summed E-state index contributed by atoms with van der Waals surface area (Å²) in [5.74, 6) is 0.755. The van der Waals surface area contributed by atoms with Crippen LogP contribution in [0.3, 0.4) is 0 Å². The third kappa shape index (κ3) is 3.23. The molecule has 1 N–H and O–H groups in total. The Morgan fingerprint density at radius 2 is 2.33 bits per heavy atom. The second kappa shape index (κ2) is 6.40. The van der Waals surface area contributed by atoms with Gasteiger partial charge in [-0.05, 0) is 31.9 Å². The molecule has 1 aromatic rings. The Morgan fingerprint density at radius 1 is 1.50 bits per heavy atom. The minimum Gasteiger partial charge on any atom is -0.493 e. The quantitative estimate of drug-likeness (QED) is 0.496. The third-order valence-corrected chi connectivity index (χ3v) is 3.15. The van der Waals surface area contributed by atoms with E-state index in [2.05, 4.69) is 5.16 Å². The number of benzene rings is 1. The van der Waals surface area contributed by atoms with Crippen LogP contribution in [0.25, 0.3) is 0 Å². The Balaban J connectivity index is 1.92. The first-order valence-corrected chi connectivity index (χ1v) is 6.33. The van der Waals surface area contributed by atoms with Crippen LogP contribution in [0.2, 0.25) is 0 Å². The maximum absolute atomic E-state index is 8.82. The van der Waals surface area contributed by atoms with Gasteiger partial charge in [0.25, 0.3) is 0 Å². The molecule has 0 spiro atoms. The van der Waals surface area contributed by atoms with Gasteiger partial charge in [0, 0.05) is 18.6 Å². The molecule has 1 saturated heterocycles. The Hall–Kier alpha value is -1.55. The smallest absolute Gasteiger partial charge is 0.128 e. The molecule has 0 saturated carbocycles. The lowest BCUT2D eigenvalue weighted by Gasteiger charge is -2.13. The molecule has 1 unspecified atom stereocenters. The van der Waals surface area contributed by atoms with Crippen LogP contribution in [0.1, 0.15) is 31.7 Å². The van der Waals surface area contributed by atoms with Crippen LogP contribution >= 0.6 is 0 Å². The fourth-order valence-corrected chi connectivity index (χ4v) is 2.12. The minimum absolute atomic E-state index is 0.338. The van der Waals surface area contributed by atoms with Crippen LogP contribution in [0.5, 0.6) is 5.75 Å². The van der Waals surface area contributed by atoms with Gasteiger partial charge in [-0.2, -0.15) is 0 Å². The van der Waals surface area contributed by atoms with Gasteiger partial charge in [-0.1, -0.05) is 17.3 Å². The lowest BCUT2D eigenvalue weighted by molar-refractivity contribution is 0.0903. The van der Waals surface area contributed by atoms with Crippen molar-refractivity contribution in [3.63, 3.8) is 0 Å². The van der Waals surface area contributed by atoms with E-state index in [0.29, 0.717) is 18.4 Å². The number of para-hydroxylation sites is 1. The Labute approximate surface area is 107 Å². The van der Waals surface area contributed by atoms with Gasteiger partial charge in [0.2, 0.25) is 0 Å². The van der Waals surface area contributed by atoms with Gasteiger partial charge < -0.3 is 14.7 Å². The van der Waals surface area contributed by atoms with Gasteiger partial charge in [0.15, 0.2) is 0 Å². The van der Waals surface area contributed by atoms with Crippen molar-refractivity contribution in [1.29, 1.82) is 0 Å². The molecule has 0 amide bonds. The van der Waals surface area contributed by atoms with Gasteiger partial charge in [-0.3, -0.25) is 0 Å². The predicted molar refractivity (Wildman–Crippen MR) is 69.5 cm³/mol. The fraction of sp³-hybridized carbons (Fsp3) is 0.500. The van der Waals surface area contributed by atoms with E-state index in [1.165, 1.54) is 0 Å². The summed E-state index contributed by atoms with van der Waals surface area (Å²) in [5, 5.41) is 12.0. The maximum Gasteiger partial charge on any atom is 0.128 e. The van der Waals surface area contributed by atoms with Crippen molar-refractivity contribution in [2.75, 3.05) is 13.2 Å². The second-order valence-corrected chi connectivity index (χ2v) is 4.45. The van der Waals surface area contributed by atoms with Crippen molar-refractivity contribution in [2.24, 2.45) is 5.16 Å². The molecule has 4 nitrogen and oxygen atoms in total. The Morgan fingerprint density at radius 3 is 3.06 bits per heavy atom. The molecule has 1 heterocycles. The molecule has 4 heteroatoms. The first-order chi connectivity index (χ1) is 8.81. The van der Waals surface area contributed by atoms with Crippen LogP contribution in [0, 0.1) is 0 Å². The molecule has 2 rings (SSSR count). The predicted octanol–water partition coefficient (Wildman–Crippen LogP) is 2.83. The molecule has 1 atom stereocenters. The molecular weight excluding hydrogens is 230 g/mol.